The maximum absolute atomic E-state index is 12.8. The van der Waals surface area contributed by atoms with Crippen molar-refractivity contribution in [3.63, 3.8) is 0 Å². The molecule has 0 saturated carbocycles. The number of nitrogens with zero attached hydrogens (tertiary/aromatic N) is 2. The molecule has 2 atom stereocenters. The number of ether oxygens (including phenoxy) is 1. The van der Waals surface area contributed by atoms with Crippen LogP contribution in [0, 0.1) is 0 Å². The van der Waals surface area contributed by atoms with Gasteiger partial charge in [-0.05, 0) is 28.8 Å². The second kappa shape index (κ2) is 7.02. The molecule has 0 saturated heterocycles. The molecule has 0 fully saturated rings. The van der Waals surface area contributed by atoms with Crippen LogP contribution >= 0.6 is 0 Å². The molecule has 5 rings (SSSR count). The molecule has 2 aliphatic rings. The third kappa shape index (κ3) is 3.03. The van der Waals surface area contributed by atoms with Gasteiger partial charge in [0.1, 0.15) is 17.4 Å². The topological polar surface area (TPSA) is 67.9 Å². The molecule has 5 nitrogen and oxygen atoms in total. The molecular formula is C25H23N3O2. The van der Waals surface area contributed by atoms with Gasteiger partial charge >= 0.3 is 0 Å². The minimum atomic E-state index is -0.743. The fraction of sp³-hybridized carbons (Fsp3) is 0.200. The molecule has 3 aromatic rings. The monoisotopic (exact) mass is 397 g/mol. The van der Waals surface area contributed by atoms with Crippen LogP contribution in [0.3, 0.4) is 0 Å². The average molecular weight is 397 g/mol. The lowest BCUT2D eigenvalue weighted by Crippen LogP contribution is -2.50. The number of hydrogen-bond acceptors (Lipinski definition) is 4. The number of nitrogens with two attached hydrogens (primary N) is 1. The molecular weight excluding hydrogens is 374 g/mol. The quantitative estimate of drug-likeness (QED) is 0.703. The molecule has 0 aliphatic carbocycles. The van der Waals surface area contributed by atoms with Crippen LogP contribution in [-0.2, 0) is 10.3 Å². The lowest BCUT2D eigenvalue weighted by atomic mass is 9.76. The molecule has 2 aliphatic heterocycles. The summed E-state index contributed by atoms with van der Waals surface area (Å²) in [4.78, 5) is 19.1. The Morgan fingerprint density at radius 1 is 1.00 bits per heavy atom. The Kier molecular flexibility index (Phi) is 4.31. The Balaban J connectivity index is 1.67. The summed E-state index contributed by atoms with van der Waals surface area (Å²) in [6, 6.07) is 26.4. The Labute approximate surface area is 175 Å². The second-order valence-electron chi connectivity index (χ2n) is 7.93. The second-order valence-corrected chi connectivity index (χ2v) is 7.93. The van der Waals surface area contributed by atoms with Crippen molar-refractivity contribution < 1.29 is 9.53 Å². The van der Waals surface area contributed by atoms with Gasteiger partial charge in [0.15, 0.2) is 5.96 Å². The first-order valence-electron chi connectivity index (χ1n) is 10.1. The SMILES string of the molecule is CN1C(=O)C[C@]2(C[C@@H](c3ccccc3)Oc3ccc(-c4ccccc4)cc32)N=C1N. The van der Waals surface area contributed by atoms with E-state index < -0.39 is 5.54 Å². The van der Waals surface area contributed by atoms with Crippen molar-refractivity contribution in [2.75, 3.05) is 7.05 Å². The number of carbonyl (C=O) groups is 1. The summed E-state index contributed by atoms with van der Waals surface area (Å²) in [5, 5.41) is 0. The van der Waals surface area contributed by atoms with Crippen molar-refractivity contribution in [2.45, 2.75) is 24.5 Å². The van der Waals surface area contributed by atoms with Crippen LogP contribution in [0.25, 0.3) is 11.1 Å². The van der Waals surface area contributed by atoms with Crippen LogP contribution in [0.1, 0.15) is 30.1 Å². The van der Waals surface area contributed by atoms with Gasteiger partial charge in [-0.25, -0.2) is 4.99 Å². The van der Waals surface area contributed by atoms with Gasteiger partial charge in [0.2, 0.25) is 5.91 Å². The van der Waals surface area contributed by atoms with Gasteiger partial charge in [0, 0.05) is 19.0 Å². The number of hydrogen-bond donors (Lipinski definition) is 1. The minimum absolute atomic E-state index is 0.0349. The van der Waals surface area contributed by atoms with Gasteiger partial charge in [-0.3, -0.25) is 9.69 Å². The van der Waals surface area contributed by atoms with Gasteiger partial charge in [0.05, 0.1) is 6.42 Å². The summed E-state index contributed by atoms with van der Waals surface area (Å²) in [5.74, 6) is 0.965. The highest BCUT2D eigenvalue weighted by atomic mass is 16.5. The standard InChI is InChI=1S/C25H23N3O2/c1-28-23(29)16-25(27-24(28)26)15-22(18-10-6-3-7-11-18)30-21-13-12-19(14-20(21)25)17-8-4-2-5-9-17/h2-14,22H,15-16H2,1H3,(H2,26,27)/t22-,25-/m0/s1. The summed E-state index contributed by atoms with van der Waals surface area (Å²) >= 11 is 0. The first-order valence-corrected chi connectivity index (χ1v) is 10.1. The highest BCUT2D eigenvalue weighted by molar-refractivity contribution is 5.99. The zero-order valence-electron chi connectivity index (χ0n) is 16.8. The van der Waals surface area contributed by atoms with E-state index in [2.05, 4.69) is 24.3 Å². The minimum Gasteiger partial charge on any atom is -0.485 e. The largest absolute Gasteiger partial charge is 0.485 e. The van der Waals surface area contributed by atoms with Crippen molar-refractivity contribution in [2.24, 2.45) is 10.7 Å². The number of aliphatic imine (C=N–C) groups is 1. The highest BCUT2D eigenvalue weighted by Gasteiger charge is 2.47. The molecule has 150 valence electrons. The van der Waals surface area contributed by atoms with Gasteiger partial charge < -0.3 is 10.5 Å². The lowest BCUT2D eigenvalue weighted by molar-refractivity contribution is -0.129. The van der Waals surface area contributed by atoms with E-state index in [-0.39, 0.29) is 24.4 Å². The molecule has 0 unspecified atom stereocenters. The summed E-state index contributed by atoms with van der Waals surface area (Å²) in [7, 11) is 1.67. The van der Waals surface area contributed by atoms with Crippen molar-refractivity contribution in [3.8, 4) is 16.9 Å². The third-order valence-corrected chi connectivity index (χ3v) is 6.04. The zero-order valence-corrected chi connectivity index (χ0v) is 16.8. The molecule has 5 heteroatoms. The van der Waals surface area contributed by atoms with Crippen molar-refractivity contribution in [1.29, 1.82) is 0 Å². The van der Waals surface area contributed by atoms with Crippen LogP contribution in [0.2, 0.25) is 0 Å². The molecule has 30 heavy (non-hydrogen) atoms. The number of fused-ring (bicyclic) bond motifs is 2. The van der Waals surface area contributed by atoms with Gasteiger partial charge in [0.25, 0.3) is 0 Å². The fourth-order valence-corrected chi connectivity index (χ4v) is 4.38. The Hall–Kier alpha value is -3.60. The maximum atomic E-state index is 12.8. The summed E-state index contributed by atoms with van der Waals surface area (Å²) in [6.45, 7) is 0. The normalized spacial score (nSPS) is 23.0. The number of guanidine groups is 1. The van der Waals surface area contributed by atoms with E-state index in [1.54, 1.807) is 7.05 Å². The molecule has 0 bridgehead atoms. The molecule has 1 amide bonds. The van der Waals surface area contributed by atoms with E-state index in [1.807, 2.05) is 54.6 Å². The van der Waals surface area contributed by atoms with Gasteiger partial charge in [-0.1, -0.05) is 66.7 Å². The van der Waals surface area contributed by atoms with Crippen molar-refractivity contribution >= 4 is 11.9 Å². The summed E-state index contributed by atoms with van der Waals surface area (Å²) in [5.41, 5.74) is 9.59. The van der Waals surface area contributed by atoms with Crippen LogP contribution in [-0.4, -0.2) is 23.8 Å². The Morgan fingerprint density at radius 3 is 2.40 bits per heavy atom. The predicted octanol–water partition coefficient (Wildman–Crippen LogP) is 4.25. The summed E-state index contributed by atoms with van der Waals surface area (Å²) in [6.07, 6.45) is 0.624. The smallest absolute Gasteiger partial charge is 0.231 e. The van der Waals surface area contributed by atoms with E-state index in [1.165, 1.54) is 4.90 Å². The third-order valence-electron chi connectivity index (χ3n) is 6.04. The summed E-state index contributed by atoms with van der Waals surface area (Å²) < 4.78 is 6.40. The van der Waals surface area contributed by atoms with Gasteiger partial charge in [-0.2, -0.15) is 0 Å². The van der Waals surface area contributed by atoms with E-state index in [9.17, 15) is 4.79 Å². The lowest BCUT2D eigenvalue weighted by Gasteiger charge is -2.43. The molecule has 0 aromatic heterocycles. The molecule has 2 N–H and O–H groups in total. The number of amides is 1. The maximum Gasteiger partial charge on any atom is 0.231 e. The molecule has 1 spiro atoms. The first kappa shape index (κ1) is 18.4. The van der Waals surface area contributed by atoms with Crippen molar-refractivity contribution in [3.05, 3.63) is 90.0 Å². The van der Waals surface area contributed by atoms with Crippen molar-refractivity contribution in [1.82, 2.24) is 4.90 Å². The predicted molar refractivity (Wildman–Crippen MR) is 117 cm³/mol. The molecule has 3 aromatic carbocycles. The Morgan fingerprint density at radius 2 is 1.70 bits per heavy atom. The number of benzene rings is 3. The van der Waals surface area contributed by atoms with E-state index in [0.717, 1.165) is 28.0 Å². The van der Waals surface area contributed by atoms with Crippen LogP contribution in [0.5, 0.6) is 5.75 Å². The first-order chi connectivity index (χ1) is 14.6. The molecule has 2 heterocycles. The zero-order chi connectivity index (χ0) is 20.7. The van der Waals surface area contributed by atoms with Crippen LogP contribution in [0.15, 0.2) is 83.9 Å². The van der Waals surface area contributed by atoms with Crippen LogP contribution < -0.4 is 10.5 Å². The van der Waals surface area contributed by atoms with Crippen LogP contribution in [0.4, 0.5) is 0 Å². The van der Waals surface area contributed by atoms with E-state index in [0.29, 0.717) is 6.42 Å². The fourth-order valence-electron chi connectivity index (χ4n) is 4.38. The van der Waals surface area contributed by atoms with E-state index >= 15 is 0 Å². The van der Waals surface area contributed by atoms with E-state index in [4.69, 9.17) is 15.5 Å². The Bertz CT molecular complexity index is 1130. The number of rotatable bonds is 2. The average Bonchev–Trinajstić information content (AvgIpc) is 2.78. The van der Waals surface area contributed by atoms with Gasteiger partial charge in [-0.15, -0.1) is 0 Å². The number of carbonyl (C=O) groups excluding carboxylic acids is 1. The highest BCUT2D eigenvalue weighted by Crippen LogP contribution is 2.51. The molecule has 0 radical (unpaired) electrons.